The average molecular weight is 433 g/mol. The SMILES string of the molecule is CCOCC[n+]1ccn(C2CCC(C(C(N)=O)(c3ccccc3)c3ccccc3)C2)c1C. The lowest BCUT2D eigenvalue weighted by Gasteiger charge is -2.37. The maximum absolute atomic E-state index is 13.3. The topological polar surface area (TPSA) is 61.1 Å². The zero-order chi connectivity index (χ0) is 22.6. The number of carbonyl (C=O) groups is 1. The molecule has 3 aromatic rings. The molecular formula is C27H34N3O2+. The molecule has 4 rings (SSSR count). The molecule has 32 heavy (non-hydrogen) atoms. The summed E-state index contributed by atoms with van der Waals surface area (Å²) in [5, 5.41) is 0. The van der Waals surface area contributed by atoms with E-state index in [1.54, 1.807) is 0 Å². The van der Waals surface area contributed by atoms with E-state index in [-0.39, 0.29) is 11.8 Å². The summed E-state index contributed by atoms with van der Waals surface area (Å²) in [6.45, 7) is 6.48. The van der Waals surface area contributed by atoms with Gasteiger partial charge in [0, 0.05) is 13.5 Å². The van der Waals surface area contributed by atoms with Crippen LogP contribution in [0.4, 0.5) is 0 Å². The number of hydrogen-bond donors (Lipinski definition) is 1. The standard InChI is InChI=1S/C27H33N3O2/c1-3-32-19-18-29-16-17-30(21(29)2)25-15-14-24(20-25)27(26(28)31,22-10-6-4-7-11-22)23-12-8-5-9-13-23/h4-13,16-17,24-25H,3,14-15,18-20H2,1-2H3,(H-,28,31)/p+1. The third-order valence-electron chi connectivity index (χ3n) is 7.13. The number of imidazole rings is 1. The number of ether oxygens (including phenoxy) is 1. The van der Waals surface area contributed by atoms with Gasteiger partial charge in [-0.25, -0.2) is 9.13 Å². The number of rotatable bonds is 9. The molecule has 1 saturated carbocycles. The van der Waals surface area contributed by atoms with E-state index in [0.29, 0.717) is 12.6 Å². The molecule has 1 heterocycles. The van der Waals surface area contributed by atoms with Crippen LogP contribution in [0.25, 0.3) is 0 Å². The monoisotopic (exact) mass is 432 g/mol. The van der Waals surface area contributed by atoms with E-state index in [0.717, 1.165) is 43.5 Å². The van der Waals surface area contributed by atoms with Crippen LogP contribution in [0.2, 0.25) is 0 Å². The van der Waals surface area contributed by atoms with Crippen LogP contribution in [0.5, 0.6) is 0 Å². The van der Waals surface area contributed by atoms with Crippen molar-refractivity contribution in [1.29, 1.82) is 0 Å². The second-order valence-corrected chi connectivity index (χ2v) is 8.71. The van der Waals surface area contributed by atoms with Gasteiger partial charge in [0.2, 0.25) is 5.91 Å². The normalized spacial score (nSPS) is 18.7. The number of amides is 1. The molecule has 1 aromatic heterocycles. The van der Waals surface area contributed by atoms with Crippen molar-refractivity contribution < 1.29 is 14.1 Å². The third-order valence-corrected chi connectivity index (χ3v) is 7.13. The molecule has 1 amide bonds. The number of hydrogen-bond acceptors (Lipinski definition) is 2. The lowest BCUT2D eigenvalue weighted by Crippen LogP contribution is -2.47. The first-order valence-electron chi connectivity index (χ1n) is 11.6. The van der Waals surface area contributed by atoms with Gasteiger partial charge >= 0.3 is 0 Å². The highest BCUT2D eigenvalue weighted by molar-refractivity contribution is 5.91. The summed E-state index contributed by atoms with van der Waals surface area (Å²) in [5.41, 5.74) is 7.38. The van der Waals surface area contributed by atoms with Gasteiger partial charge in [-0.15, -0.1) is 0 Å². The van der Waals surface area contributed by atoms with Crippen molar-refractivity contribution in [3.8, 4) is 0 Å². The minimum absolute atomic E-state index is 0.133. The molecule has 168 valence electrons. The van der Waals surface area contributed by atoms with Crippen molar-refractivity contribution in [3.63, 3.8) is 0 Å². The van der Waals surface area contributed by atoms with E-state index in [1.807, 2.05) is 67.6 Å². The number of primary amides is 1. The van der Waals surface area contributed by atoms with E-state index in [4.69, 9.17) is 10.5 Å². The average Bonchev–Trinajstić information content (AvgIpc) is 3.43. The van der Waals surface area contributed by atoms with Crippen molar-refractivity contribution in [1.82, 2.24) is 4.57 Å². The first-order valence-corrected chi connectivity index (χ1v) is 11.6. The fraction of sp³-hybridized carbons (Fsp3) is 0.407. The molecule has 2 atom stereocenters. The summed E-state index contributed by atoms with van der Waals surface area (Å²) in [6, 6.07) is 20.5. The molecule has 1 fully saturated rings. The maximum atomic E-state index is 13.3. The Kier molecular flexibility index (Phi) is 6.75. The first-order chi connectivity index (χ1) is 15.6. The van der Waals surface area contributed by atoms with E-state index in [9.17, 15) is 4.79 Å². The largest absolute Gasteiger partial charge is 0.378 e. The quantitative estimate of drug-likeness (QED) is 0.411. The number of benzene rings is 2. The molecule has 0 saturated heterocycles. The van der Waals surface area contributed by atoms with Crippen LogP contribution in [0.1, 0.15) is 49.2 Å². The molecule has 0 radical (unpaired) electrons. The van der Waals surface area contributed by atoms with Gasteiger partial charge in [0.15, 0.2) is 0 Å². The van der Waals surface area contributed by atoms with E-state index in [1.165, 1.54) is 5.82 Å². The Hall–Kier alpha value is -2.92. The van der Waals surface area contributed by atoms with Crippen molar-refractivity contribution in [2.24, 2.45) is 11.7 Å². The summed E-state index contributed by atoms with van der Waals surface area (Å²) >= 11 is 0. The van der Waals surface area contributed by atoms with Gasteiger partial charge in [0.25, 0.3) is 5.82 Å². The second-order valence-electron chi connectivity index (χ2n) is 8.71. The summed E-state index contributed by atoms with van der Waals surface area (Å²) in [5.74, 6) is 1.09. The summed E-state index contributed by atoms with van der Waals surface area (Å²) in [7, 11) is 0. The lowest BCUT2D eigenvalue weighted by molar-refractivity contribution is -0.704. The highest BCUT2D eigenvalue weighted by Crippen LogP contribution is 2.49. The van der Waals surface area contributed by atoms with Gasteiger partial charge in [0.1, 0.15) is 30.4 Å². The maximum Gasteiger partial charge on any atom is 0.253 e. The van der Waals surface area contributed by atoms with Crippen LogP contribution >= 0.6 is 0 Å². The van der Waals surface area contributed by atoms with Crippen molar-refractivity contribution in [2.45, 2.75) is 51.1 Å². The minimum Gasteiger partial charge on any atom is -0.378 e. The van der Waals surface area contributed by atoms with E-state index in [2.05, 4.69) is 28.5 Å². The summed E-state index contributed by atoms with van der Waals surface area (Å²) < 4.78 is 10.1. The summed E-state index contributed by atoms with van der Waals surface area (Å²) in [6.07, 6.45) is 7.20. The Morgan fingerprint density at radius 1 is 1.09 bits per heavy atom. The van der Waals surface area contributed by atoms with Crippen LogP contribution < -0.4 is 10.3 Å². The number of nitrogens with zero attached hydrogens (tertiary/aromatic N) is 2. The molecule has 2 aromatic carbocycles. The Morgan fingerprint density at radius 3 is 2.28 bits per heavy atom. The molecule has 0 bridgehead atoms. The van der Waals surface area contributed by atoms with Crippen LogP contribution in [-0.4, -0.2) is 23.7 Å². The third kappa shape index (κ3) is 3.97. The minimum atomic E-state index is -0.830. The van der Waals surface area contributed by atoms with Gasteiger partial charge < -0.3 is 10.5 Å². The zero-order valence-corrected chi connectivity index (χ0v) is 19.1. The highest BCUT2D eigenvalue weighted by Gasteiger charge is 2.51. The van der Waals surface area contributed by atoms with Crippen LogP contribution in [0.3, 0.4) is 0 Å². The molecule has 0 spiro atoms. The number of nitrogens with two attached hydrogens (primary N) is 1. The molecule has 5 nitrogen and oxygen atoms in total. The van der Waals surface area contributed by atoms with Crippen molar-refractivity contribution in [2.75, 3.05) is 13.2 Å². The highest BCUT2D eigenvalue weighted by atomic mass is 16.5. The van der Waals surface area contributed by atoms with Crippen LogP contribution in [0.15, 0.2) is 73.1 Å². The predicted molar refractivity (Wildman–Crippen MR) is 125 cm³/mol. The molecule has 2 unspecified atom stereocenters. The van der Waals surface area contributed by atoms with Gasteiger partial charge in [0.05, 0.1) is 6.61 Å². The number of aromatic nitrogens is 2. The molecular weight excluding hydrogens is 398 g/mol. The van der Waals surface area contributed by atoms with Crippen LogP contribution in [-0.2, 0) is 21.5 Å². The molecule has 2 N–H and O–H groups in total. The first kappa shape index (κ1) is 22.3. The number of carbonyl (C=O) groups excluding carboxylic acids is 1. The molecule has 0 aliphatic heterocycles. The predicted octanol–water partition coefficient (Wildman–Crippen LogP) is 3.93. The fourth-order valence-corrected chi connectivity index (χ4v) is 5.58. The Morgan fingerprint density at radius 2 is 1.72 bits per heavy atom. The van der Waals surface area contributed by atoms with Gasteiger partial charge in [-0.05, 0) is 43.2 Å². The molecule has 5 heteroatoms. The van der Waals surface area contributed by atoms with Crippen LogP contribution in [0, 0.1) is 12.8 Å². The van der Waals surface area contributed by atoms with Crippen molar-refractivity contribution >= 4 is 5.91 Å². The Bertz CT molecular complexity index is 990. The zero-order valence-electron chi connectivity index (χ0n) is 19.1. The molecule has 1 aliphatic carbocycles. The Labute approximate surface area is 190 Å². The van der Waals surface area contributed by atoms with Gasteiger partial charge in [-0.2, -0.15) is 0 Å². The van der Waals surface area contributed by atoms with E-state index < -0.39 is 5.41 Å². The summed E-state index contributed by atoms with van der Waals surface area (Å²) in [4.78, 5) is 13.3. The fourth-order valence-electron chi connectivity index (χ4n) is 5.58. The smallest absolute Gasteiger partial charge is 0.253 e. The van der Waals surface area contributed by atoms with Crippen molar-refractivity contribution in [3.05, 3.63) is 90.0 Å². The lowest BCUT2D eigenvalue weighted by atomic mass is 9.64. The van der Waals surface area contributed by atoms with Gasteiger partial charge in [-0.1, -0.05) is 60.7 Å². The Balaban J connectivity index is 1.67. The van der Waals surface area contributed by atoms with E-state index >= 15 is 0 Å². The van der Waals surface area contributed by atoms with Gasteiger partial charge in [-0.3, -0.25) is 4.79 Å². The molecule has 1 aliphatic rings. The second kappa shape index (κ2) is 9.70.